The molecule has 0 bridgehead atoms. The number of carbonyl (C=O) groups is 1. The average molecular weight is 440 g/mol. The molecule has 2 heterocycles. The van der Waals surface area contributed by atoms with Crippen LogP contribution in [-0.4, -0.2) is 26.3 Å². The van der Waals surface area contributed by atoms with Crippen LogP contribution in [-0.2, 0) is 32.6 Å². The van der Waals surface area contributed by atoms with Gasteiger partial charge in [0.05, 0.1) is 4.90 Å². The third-order valence-electron chi connectivity index (χ3n) is 5.00. The van der Waals surface area contributed by atoms with Crippen LogP contribution >= 0.6 is 0 Å². The Hall–Kier alpha value is -3.46. The monoisotopic (exact) mass is 440 g/mol. The molecule has 8 nitrogen and oxygen atoms in total. The number of hydrogen-bond acceptors (Lipinski definition) is 7. The largest absolute Gasteiger partial charge is 0.459 e. The summed E-state index contributed by atoms with van der Waals surface area (Å²) < 4.78 is 37.3. The van der Waals surface area contributed by atoms with E-state index in [9.17, 15) is 18.0 Å². The highest BCUT2D eigenvalue weighted by Gasteiger charge is 2.31. The highest BCUT2D eigenvalue weighted by Crippen LogP contribution is 2.23. The second-order valence-corrected chi connectivity index (χ2v) is 8.79. The van der Waals surface area contributed by atoms with Gasteiger partial charge < -0.3 is 9.15 Å². The highest BCUT2D eigenvalue weighted by molar-refractivity contribution is 7.90. The maximum Gasteiger partial charge on any atom is 0.336 e. The number of hydrogen-bond donors (Lipinski definition) is 1. The van der Waals surface area contributed by atoms with E-state index in [-0.39, 0.29) is 17.3 Å². The summed E-state index contributed by atoms with van der Waals surface area (Å²) in [5.74, 6) is -0.555. The number of esters is 1. The van der Waals surface area contributed by atoms with E-state index in [1.54, 1.807) is 24.3 Å². The van der Waals surface area contributed by atoms with Gasteiger partial charge in [0.15, 0.2) is 0 Å². The number of benzene rings is 2. The van der Waals surface area contributed by atoms with Gasteiger partial charge in [-0.25, -0.2) is 18.0 Å². The number of rotatable bonds is 5. The van der Waals surface area contributed by atoms with E-state index in [1.165, 1.54) is 19.1 Å². The van der Waals surface area contributed by atoms with Crippen molar-refractivity contribution < 1.29 is 22.4 Å². The lowest BCUT2D eigenvalue weighted by atomic mass is 10.1. The number of amidine groups is 1. The van der Waals surface area contributed by atoms with Gasteiger partial charge in [0, 0.05) is 22.6 Å². The van der Waals surface area contributed by atoms with Gasteiger partial charge >= 0.3 is 11.6 Å². The predicted octanol–water partition coefficient (Wildman–Crippen LogP) is 2.53. The quantitative estimate of drug-likeness (QED) is 0.482. The number of nitrogens with zero attached hydrogens (tertiary/aromatic N) is 1. The zero-order valence-electron chi connectivity index (χ0n) is 16.9. The molecule has 2 aromatic carbocycles. The molecular formula is C22H20N2O6S. The van der Waals surface area contributed by atoms with E-state index in [1.807, 2.05) is 19.1 Å². The first-order valence-electron chi connectivity index (χ1n) is 9.71. The molecule has 4 rings (SSSR count). The smallest absolute Gasteiger partial charge is 0.336 e. The summed E-state index contributed by atoms with van der Waals surface area (Å²) in [7, 11) is -3.69. The predicted molar refractivity (Wildman–Crippen MR) is 114 cm³/mol. The highest BCUT2D eigenvalue weighted by atomic mass is 32.2. The summed E-state index contributed by atoms with van der Waals surface area (Å²) in [4.78, 5) is 28.7. The van der Waals surface area contributed by atoms with Crippen molar-refractivity contribution in [1.82, 2.24) is 4.72 Å². The van der Waals surface area contributed by atoms with Crippen molar-refractivity contribution in [3.05, 3.63) is 75.6 Å². The van der Waals surface area contributed by atoms with Crippen molar-refractivity contribution >= 4 is 32.8 Å². The van der Waals surface area contributed by atoms with Crippen molar-refractivity contribution in [3.8, 4) is 0 Å². The van der Waals surface area contributed by atoms with Crippen molar-refractivity contribution in [1.29, 1.82) is 0 Å². The second-order valence-electron chi connectivity index (χ2n) is 7.14. The SMILES string of the molecule is CCc1ccc2c(COC(=O)[C@H](C)N=C3NS(=O)(=O)c4ccccc43)cc(=O)oc2c1. The van der Waals surface area contributed by atoms with Crippen LogP contribution in [0.4, 0.5) is 0 Å². The molecule has 0 spiro atoms. The lowest BCUT2D eigenvalue weighted by Crippen LogP contribution is -2.26. The summed E-state index contributed by atoms with van der Waals surface area (Å²) >= 11 is 0. The number of nitrogens with one attached hydrogen (secondary N) is 1. The molecule has 0 unspecified atom stereocenters. The Balaban J connectivity index is 1.54. The first-order chi connectivity index (χ1) is 14.8. The van der Waals surface area contributed by atoms with Crippen LogP contribution in [0.15, 0.2) is 67.6 Å². The summed E-state index contributed by atoms with van der Waals surface area (Å²) in [6, 6.07) is 12.3. The maximum atomic E-state index is 12.5. The van der Waals surface area contributed by atoms with Crippen LogP contribution in [0.2, 0.25) is 0 Å². The Morgan fingerprint density at radius 2 is 1.97 bits per heavy atom. The average Bonchev–Trinajstić information content (AvgIpc) is 3.01. The van der Waals surface area contributed by atoms with Crippen LogP contribution < -0.4 is 10.3 Å². The molecule has 3 aromatic rings. The minimum absolute atomic E-state index is 0.0953. The van der Waals surface area contributed by atoms with Crippen LogP contribution in [0.5, 0.6) is 0 Å². The van der Waals surface area contributed by atoms with E-state index in [0.29, 0.717) is 22.1 Å². The number of ether oxygens (including phenoxy) is 1. The number of aliphatic imine (C=N–C) groups is 1. The molecule has 0 saturated carbocycles. The number of sulfonamides is 1. The molecule has 0 amide bonds. The molecule has 160 valence electrons. The van der Waals surface area contributed by atoms with E-state index < -0.39 is 27.7 Å². The van der Waals surface area contributed by atoms with Crippen LogP contribution in [0, 0.1) is 0 Å². The Morgan fingerprint density at radius 1 is 1.19 bits per heavy atom. The Labute approximate surface area is 178 Å². The molecule has 1 aliphatic heterocycles. The standard InChI is InChI=1S/C22H20N2O6S/c1-3-14-8-9-16-15(11-20(25)30-18(16)10-14)12-29-22(26)13(2)23-21-17-6-4-5-7-19(17)31(27,28)24-21/h4-11,13H,3,12H2,1-2H3,(H,23,24)/t13-/m0/s1. The molecular weight excluding hydrogens is 420 g/mol. The lowest BCUT2D eigenvalue weighted by Gasteiger charge is -2.11. The second kappa shape index (κ2) is 7.99. The van der Waals surface area contributed by atoms with Crippen molar-refractivity contribution in [2.45, 2.75) is 37.8 Å². The number of fused-ring (bicyclic) bond motifs is 2. The first kappa shape index (κ1) is 20.8. The molecule has 31 heavy (non-hydrogen) atoms. The summed E-state index contributed by atoms with van der Waals surface area (Å²) in [5, 5.41) is 0.682. The molecule has 0 aliphatic carbocycles. The van der Waals surface area contributed by atoms with E-state index >= 15 is 0 Å². The molecule has 1 aliphatic rings. The summed E-state index contributed by atoms with van der Waals surface area (Å²) in [6.07, 6.45) is 0.795. The van der Waals surface area contributed by atoms with Gasteiger partial charge in [0.2, 0.25) is 0 Å². The Kier molecular flexibility index (Phi) is 5.36. The van der Waals surface area contributed by atoms with Gasteiger partial charge in [-0.3, -0.25) is 9.71 Å². The fourth-order valence-electron chi connectivity index (χ4n) is 3.36. The molecule has 0 saturated heterocycles. The number of aryl methyl sites for hydroxylation is 1. The van der Waals surface area contributed by atoms with Gasteiger partial charge in [-0.1, -0.05) is 31.2 Å². The first-order valence-corrected chi connectivity index (χ1v) is 11.2. The molecule has 0 radical (unpaired) electrons. The van der Waals surface area contributed by atoms with Gasteiger partial charge in [-0.15, -0.1) is 0 Å². The summed E-state index contributed by atoms with van der Waals surface area (Å²) in [6.45, 7) is 3.37. The van der Waals surface area contributed by atoms with Crippen LogP contribution in [0.1, 0.15) is 30.5 Å². The van der Waals surface area contributed by atoms with Gasteiger partial charge in [0.25, 0.3) is 10.0 Å². The van der Waals surface area contributed by atoms with E-state index in [4.69, 9.17) is 9.15 Å². The molecule has 1 aromatic heterocycles. The Morgan fingerprint density at radius 3 is 2.74 bits per heavy atom. The van der Waals surface area contributed by atoms with Crippen molar-refractivity contribution in [2.75, 3.05) is 0 Å². The third-order valence-corrected chi connectivity index (χ3v) is 6.40. The van der Waals surface area contributed by atoms with Crippen molar-refractivity contribution in [3.63, 3.8) is 0 Å². The minimum Gasteiger partial charge on any atom is -0.459 e. The zero-order chi connectivity index (χ0) is 22.2. The lowest BCUT2D eigenvalue weighted by molar-refractivity contribution is -0.145. The van der Waals surface area contributed by atoms with Gasteiger partial charge in [0.1, 0.15) is 24.1 Å². The summed E-state index contributed by atoms with van der Waals surface area (Å²) in [5.41, 5.74) is 1.85. The molecule has 1 atom stereocenters. The van der Waals surface area contributed by atoms with Gasteiger partial charge in [-0.2, -0.15) is 0 Å². The molecule has 0 fully saturated rings. The Bertz CT molecular complexity index is 1370. The topological polar surface area (TPSA) is 115 Å². The van der Waals surface area contributed by atoms with Crippen LogP contribution in [0.3, 0.4) is 0 Å². The van der Waals surface area contributed by atoms with Gasteiger partial charge in [-0.05, 0) is 37.1 Å². The third kappa shape index (κ3) is 4.09. The van der Waals surface area contributed by atoms with Crippen LogP contribution in [0.25, 0.3) is 11.0 Å². The maximum absolute atomic E-state index is 12.5. The van der Waals surface area contributed by atoms with E-state index in [2.05, 4.69) is 9.71 Å². The molecule has 1 N–H and O–H groups in total. The fourth-order valence-corrected chi connectivity index (χ4v) is 4.60. The molecule has 9 heteroatoms. The number of carbonyl (C=O) groups excluding carboxylic acids is 1. The fraction of sp³-hybridized carbons (Fsp3) is 0.227. The van der Waals surface area contributed by atoms with Crippen molar-refractivity contribution in [2.24, 2.45) is 4.99 Å². The normalized spacial score (nSPS) is 16.6. The van der Waals surface area contributed by atoms with E-state index in [0.717, 1.165) is 12.0 Å². The zero-order valence-corrected chi connectivity index (χ0v) is 17.7. The minimum atomic E-state index is -3.69.